The minimum atomic E-state index is -0.138. The molecule has 23 heavy (non-hydrogen) atoms. The molecule has 4 nitrogen and oxygen atoms in total. The Balaban J connectivity index is 1.84. The van der Waals surface area contributed by atoms with Gasteiger partial charge < -0.3 is 15.4 Å². The first kappa shape index (κ1) is 17.2. The van der Waals surface area contributed by atoms with Gasteiger partial charge in [-0.1, -0.05) is 30.7 Å². The Morgan fingerprint density at radius 3 is 2.52 bits per heavy atom. The highest BCUT2D eigenvalue weighted by Gasteiger charge is 2.05. The topological polar surface area (TPSA) is 50.4 Å². The normalized spacial score (nSPS) is 11.6. The Kier molecular flexibility index (Phi) is 6.29. The predicted molar refractivity (Wildman–Crippen MR) is 95.4 cm³/mol. The van der Waals surface area contributed by atoms with Crippen molar-refractivity contribution in [1.29, 1.82) is 0 Å². The standard InChI is InChI=1S/C18H21ClN2O2/c1-3-13(2)23-15-10-8-14(9-11-15)21-18(22)12-20-17-7-5-4-6-16(17)19/h4-11,13,20H,3,12H2,1-2H3,(H,21,22). The van der Waals surface area contributed by atoms with Gasteiger partial charge in [0.25, 0.3) is 0 Å². The second-order valence-corrected chi connectivity index (χ2v) is 5.65. The summed E-state index contributed by atoms with van der Waals surface area (Å²) in [6.07, 6.45) is 1.13. The molecule has 0 aliphatic carbocycles. The van der Waals surface area contributed by atoms with Crippen LogP contribution in [0.5, 0.6) is 5.75 Å². The third-order valence-electron chi connectivity index (χ3n) is 3.36. The number of hydrogen-bond acceptors (Lipinski definition) is 3. The lowest BCUT2D eigenvalue weighted by molar-refractivity contribution is -0.114. The van der Waals surface area contributed by atoms with Crippen molar-refractivity contribution in [2.24, 2.45) is 0 Å². The summed E-state index contributed by atoms with van der Waals surface area (Å²) >= 11 is 6.03. The average molecular weight is 333 g/mol. The van der Waals surface area contributed by atoms with E-state index in [2.05, 4.69) is 17.6 Å². The number of carbonyl (C=O) groups is 1. The Hall–Kier alpha value is -2.20. The molecular formula is C18H21ClN2O2. The lowest BCUT2D eigenvalue weighted by Gasteiger charge is -2.13. The molecule has 2 N–H and O–H groups in total. The number of para-hydroxylation sites is 1. The van der Waals surface area contributed by atoms with Gasteiger partial charge in [-0.2, -0.15) is 0 Å². The molecule has 0 heterocycles. The van der Waals surface area contributed by atoms with Gasteiger partial charge in [-0.15, -0.1) is 0 Å². The Labute approximate surface area is 141 Å². The number of ether oxygens (including phenoxy) is 1. The summed E-state index contributed by atoms with van der Waals surface area (Å²) < 4.78 is 5.70. The molecule has 0 radical (unpaired) electrons. The van der Waals surface area contributed by atoms with Crippen LogP contribution in [0.2, 0.25) is 5.02 Å². The van der Waals surface area contributed by atoms with E-state index in [0.29, 0.717) is 5.02 Å². The van der Waals surface area contributed by atoms with Crippen molar-refractivity contribution in [2.75, 3.05) is 17.2 Å². The van der Waals surface area contributed by atoms with E-state index in [1.165, 1.54) is 0 Å². The summed E-state index contributed by atoms with van der Waals surface area (Å²) in [7, 11) is 0. The van der Waals surface area contributed by atoms with Gasteiger partial charge in [0, 0.05) is 5.69 Å². The summed E-state index contributed by atoms with van der Waals surface area (Å²) in [4.78, 5) is 12.0. The van der Waals surface area contributed by atoms with E-state index in [-0.39, 0.29) is 18.6 Å². The Bertz CT molecular complexity index is 644. The maximum absolute atomic E-state index is 12.0. The molecule has 0 spiro atoms. The fraction of sp³-hybridized carbons (Fsp3) is 0.278. The van der Waals surface area contributed by atoms with Crippen molar-refractivity contribution in [3.63, 3.8) is 0 Å². The number of benzene rings is 2. The Morgan fingerprint density at radius 1 is 1.17 bits per heavy atom. The molecule has 0 aliphatic heterocycles. The Morgan fingerprint density at radius 2 is 1.87 bits per heavy atom. The van der Waals surface area contributed by atoms with Gasteiger partial charge in [-0.3, -0.25) is 4.79 Å². The van der Waals surface area contributed by atoms with Gasteiger partial charge >= 0.3 is 0 Å². The smallest absolute Gasteiger partial charge is 0.243 e. The van der Waals surface area contributed by atoms with Crippen molar-refractivity contribution in [2.45, 2.75) is 26.4 Å². The van der Waals surface area contributed by atoms with E-state index in [9.17, 15) is 4.79 Å². The lowest BCUT2D eigenvalue weighted by Crippen LogP contribution is -2.21. The highest BCUT2D eigenvalue weighted by Crippen LogP contribution is 2.20. The first-order chi connectivity index (χ1) is 11.1. The van der Waals surface area contributed by atoms with Crippen LogP contribution >= 0.6 is 11.6 Å². The van der Waals surface area contributed by atoms with Crippen molar-refractivity contribution < 1.29 is 9.53 Å². The van der Waals surface area contributed by atoms with Gasteiger partial charge in [0.2, 0.25) is 5.91 Å². The van der Waals surface area contributed by atoms with Crippen molar-refractivity contribution in [1.82, 2.24) is 0 Å². The number of halogens is 1. The molecule has 1 atom stereocenters. The van der Waals surface area contributed by atoms with Crippen molar-refractivity contribution >= 4 is 28.9 Å². The maximum Gasteiger partial charge on any atom is 0.243 e. The van der Waals surface area contributed by atoms with Crippen LogP contribution in [0.25, 0.3) is 0 Å². The van der Waals surface area contributed by atoms with E-state index in [1.807, 2.05) is 49.4 Å². The van der Waals surface area contributed by atoms with Gasteiger partial charge in [-0.05, 0) is 49.7 Å². The van der Waals surface area contributed by atoms with Crippen LogP contribution in [0.3, 0.4) is 0 Å². The maximum atomic E-state index is 12.0. The molecule has 0 fully saturated rings. The molecule has 0 aromatic heterocycles. The second-order valence-electron chi connectivity index (χ2n) is 5.24. The fourth-order valence-corrected chi connectivity index (χ4v) is 2.12. The first-order valence-corrected chi connectivity index (χ1v) is 8.01. The highest BCUT2D eigenvalue weighted by atomic mass is 35.5. The second kappa shape index (κ2) is 8.44. The predicted octanol–water partition coefficient (Wildman–Crippen LogP) is 4.57. The largest absolute Gasteiger partial charge is 0.491 e. The summed E-state index contributed by atoms with van der Waals surface area (Å²) in [5.74, 6) is 0.659. The van der Waals surface area contributed by atoms with Crippen LogP contribution in [0.1, 0.15) is 20.3 Å². The fourth-order valence-electron chi connectivity index (χ4n) is 1.92. The molecule has 0 saturated heterocycles. The number of hydrogen-bond donors (Lipinski definition) is 2. The lowest BCUT2D eigenvalue weighted by atomic mass is 10.2. The molecular weight excluding hydrogens is 312 g/mol. The van der Waals surface area contributed by atoms with Crippen LogP contribution in [-0.2, 0) is 4.79 Å². The van der Waals surface area contributed by atoms with E-state index in [4.69, 9.17) is 16.3 Å². The first-order valence-electron chi connectivity index (χ1n) is 7.63. The van der Waals surface area contributed by atoms with Gasteiger partial charge in [-0.25, -0.2) is 0 Å². The average Bonchev–Trinajstić information content (AvgIpc) is 2.56. The highest BCUT2D eigenvalue weighted by molar-refractivity contribution is 6.33. The van der Waals surface area contributed by atoms with Crippen LogP contribution in [0, 0.1) is 0 Å². The summed E-state index contributed by atoms with van der Waals surface area (Å²) in [5.41, 5.74) is 1.47. The van der Waals surface area contributed by atoms with Crippen LogP contribution in [0.15, 0.2) is 48.5 Å². The number of amides is 1. The monoisotopic (exact) mass is 332 g/mol. The van der Waals surface area contributed by atoms with E-state index in [1.54, 1.807) is 6.07 Å². The minimum absolute atomic E-state index is 0.138. The third kappa shape index (κ3) is 5.49. The summed E-state index contributed by atoms with van der Waals surface area (Å²) in [6, 6.07) is 14.7. The van der Waals surface area contributed by atoms with Crippen LogP contribution in [-0.4, -0.2) is 18.6 Å². The third-order valence-corrected chi connectivity index (χ3v) is 3.69. The number of nitrogens with one attached hydrogen (secondary N) is 2. The van der Waals surface area contributed by atoms with E-state index in [0.717, 1.165) is 23.5 Å². The number of anilines is 2. The zero-order chi connectivity index (χ0) is 16.7. The van der Waals surface area contributed by atoms with Gasteiger partial charge in [0.1, 0.15) is 5.75 Å². The summed E-state index contributed by atoms with van der Waals surface area (Å²) in [5, 5.41) is 6.43. The molecule has 0 aliphatic rings. The number of carbonyl (C=O) groups excluding carboxylic acids is 1. The molecule has 5 heteroatoms. The molecule has 0 saturated carbocycles. The van der Waals surface area contributed by atoms with Gasteiger partial charge in [0.05, 0.1) is 23.4 Å². The quantitative estimate of drug-likeness (QED) is 0.781. The molecule has 0 bridgehead atoms. The van der Waals surface area contributed by atoms with E-state index >= 15 is 0 Å². The zero-order valence-electron chi connectivity index (χ0n) is 13.3. The van der Waals surface area contributed by atoms with Crippen LogP contribution in [0.4, 0.5) is 11.4 Å². The van der Waals surface area contributed by atoms with Crippen molar-refractivity contribution in [3.05, 3.63) is 53.6 Å². The molecule has 1 unspecified atom stereocenters. The molecule has 2 rings (SSSR count). The number of rotatable bonds is 7. The van der Waals surface area contributed by atoms with Crippen LogP contribution < -0.4 is 15.4 Å². The minimum Gasteiger partial charge on any atom is -0.491 e. The zero-order valence-corrected chi connectivity index (χ0v) is 14.1. The molecule has 122 valence electrons. The van der Waals surface area contributed by atoms with Gasteiger partial charge in [0.15, 0.2) is 0 Å². The SMILES string of the molecule is CCC(C)Oc1ccc(NC(=O)CNc2ccccc2Cl)cc1. The van der Waals surface area contributed by atoms with E-state index < -0.39 is 0 Å². The summed E-state index contributed by atoms with van der Waals surface area (Å²) in [6.45, 7) is 4.25. The molecule has 2 aromatic rings. The molecule has 2 aromatic carbocycles. The molecule has 1 amide bonds. The van der Waals surface area contributed by atoms with Crippen molar-refractivity contribution in [3.8, 4) is 5.75 Å².